The number of carbonyl (C=O) groups excluding carboxylic acids is 2. The molecule has 0 amide bonds. The maximum Gasteiger partial charge on any atom is 0.314 e. The molecule has 1 unspecified atom stereocenters. The second kappa shape index (κ2) is 13.8. The van der Waals surface area contributed by atoms with E-state index >= 15 is 0 Å². The predicted molar refractivity (Wildman–Crippen MR) is 120 cm³/mol. The molecular weight excluding hydrogens is 412 g/mol. The van der Waals surface area contributed by atoms with Crippen LogP contribution in [0.25, 0.3) is 0 Å². The van der Waals surface area contributed by atoms with E-state index < -0.39 is 5.97 Å². The predicted octanol–water partition coefficient (Wildman–Crippen LogP) is 5.01. The van der Waals surface area contributed by atoms with Gasteiger partial charge in [-0.05, 0) is 82.1 Å². The number of rotatable bonds is 13. The molecule has 0 saturated heterocycles. The van der Waals surface area contributed by atoms with Gasteiger partial charge in [0.15, 0.2) is 0 Å². The fourth-order valence-corrected chi connectivity index (χ4v) is 3.61. The molecule has 2 rings (SSSR count). The summed E-state index contributed by atoms with van der Waals surface area (Å²) in [7, 11) is 0. The standard InChI is InChI=1S/C25H36O7/c1-3-18(2)24(28)31-17-7-5-4-6-16-30-21-12-14-22(15-13-21)32-25(29)20-10-8-19(9-11-20)23(26)27/h12-15,18-20H,3-11,16-17H2,1-2H3,(H,26,27). The molecule has 7 nitrogen and oxygen atoms in total. The van der Waals surface area contributed by atoms with Crippen molar-refractivity contribution < 1.29 is 33.7 Å². The number of ether oxygens (including phenoxy) is 3. The van der Waals surface area contributed by atoms with Crippen LogP contribution in [0.1, 0.15) is 71.6 Å². The number of carbonyl (C=O) groups is 3. The van der Waals surface area contributed by atoms with E-state index in [1.165, 1.54) is 0 Å². The summed E-state index contributed by atoms with van der Waals surface area (Å²) in [5, 5.41) is 9.05. The highest BCUT2D eigenvalue weighted by Gasteiger charge is 2.30. The maximum absolute atomic E-state index is 12.3. The lowest BCUT2D eigenvalue weighted by atomic mass is 9.82. The molecule has 1 aromatic rings. The number of carboxylic acids is 1. The molecule has 1 saturated carbocycles. The topological polar surface area (TPSA) is 99.1 Å². The van der Waals surface area contributed by atoms with Crippen LogP contribution in [0.5, 0.6) is 11.5 Å². The first kappa shape index (κ1) is 25.7. The average Bonchev–Trinajstić information content (AvgIpc) is 2.81. The third-order valence-corrected chi connectivity index (χ3v) is 6.02. The fourth-order valence-electron chi connectivity index (χ4n) is 3.61. The van der Waals surface area contributed by atoms with E-state index in [1.54, 1.807) is 24.3 Å². The number of esters is 2. The number of hydrogen-bond acceptors (Lipinski definition) is 6. The van der Waals surface area contributed by atoms with Crippen LogP contribution in [0.4, 0.5) is 0 Å². The third-order valence-electron chi connectivity index (χ3n) is 6.02. The third kappa shape index (κ3) is 8.89. The summed E-state index contributed by atoms with van der Waals surface area (Å²) in [6.07, 6.45) is 6.70. The van der Waals surface area contributed by atoms with Gasteiger partial charge < -0.3 is 19.3 Å². The molecule has 0 radical (unpaired) electrons. The van der Waals surface area contributed by atoms with Gasteiger partial charge in [0.25, 0.3) is 0 Å². The molecule has 0 bridgehead atoms. The van der Waals surface area contributed by atoms with Crippen molar-refractivity contribution >= 4 is 17.9 Å². The normalized spacial score (nSPS) is 19.1. The van der Waals surface area contributed by atoms with Crippen LogP contribution in [0.2, 0.25) is 0 Å². The van der Waals surface area contributed by atoms with Gasteiger partial charge in [0.1, 0.15) is 11.5 Å². The Morgan fingerprint density at radius 3 is 2.06 bits per heavy atom. The average molecular weight is 449 g/mol. The summed E-state index contributed by atoms with van der Waals surface area (Å²) in [6.45, 7) is 4.93. The van der Waals surface area contributed by atoms with Crippen LogP contribution in [0, 0.1) is 17.8 Å². The van der Waals surface area contributed by atoms with Gasteiger partial charge in [0.2, 0.25) is 0 Å². The Hall–Kier alpha value is -2.57. The number of carboxylic acid groups (broad SMARTS) is 1. The van der Waals surface area contributed by atoms with Crippen LogP contribution in [-0.2, 0) is 19.1 Å². The van der Waals surface area contributed by atoms with Crippen LogP contribution < -0.4 is 9.47 Å². The molecule has 1 aliphatic rings. The van der Waals surface area contributed by atoms with Gasteiger partial charge in [-0.3, -0.25) is 14.4 Å². The van der Waals surface area contributed by atoms with Crippen LogP contribution in [-0.4, -0.2) is 36.2 Å². The van der Waals surface area contributed by atoms with Crippen molar-refractivity contribution in [2.45, 2.75) is 71.6 Å². The second-order valence-corrected chi connectivity index (χ2v) is 8.52. The van der Waals surface area contributed by atoms with E-state index in [-0.39, 0.29) is 29.7 Å². The molecule has 32 heavy (non-hydrogen) atoms. The molecule has 7 heteroatoms. The highest BCUT2D eigenvalue weighted by Crippen LogP contribution is 2.30. The zero-order valence-corrected chi connectivity index (χ0v) is 19.2. The van der Waals surface area contributed by atoms with Gasteiger partial charge in [-0.15, -0.1) is 0 Å². The highest BCUT2D eigenvalue weighted by molar-refractivity contribution is 5.76. The second-order valence-electron chi connectivity index (χ2n) is 8.52. The number of unbranched alkanes of at least 4 members (excludes halogenated alkanes) is 3. The minimum absolute atomic E-state index is 0.0304. The molecule has 0 aliphatic heterocycles. The van der Waals surface area contributed by atoms with Crippen LogP contribution in [0.3, 0.4) is 0 Å². The van der Waals surface area contributed by atoms with Crippen molar-refractivity contribution in [2.24, 2.45) is 17.8 Å². The van der Waals surface area contributed by atoms with E-state index in [9.17, 15) is 14.4 Å². The van der Waals surface area contributed by atoms with Gasteiger partial charge in [0, 0.05) is 0 Å². The van der Waals surface area contributed by atoms with Crippen LogP contribution in [0.15, 0.2) is 24.3 Å². The molecule has 0 heterocycles. The molecule has 1 N–H and O–H groups in total. The van der Waals surface area contributed by atoms with Crippen molar-refractivity contribution in [1.82, 2.24) is 0 Å². The lowest BCUT2D eigenvalue weighted by Gasteiger charge is -2.24. The summed E-state index contributed by atoms with van der Waals surface area (Å²) >= 11 is 0. The molecule has 0 spiro atoms. The number of aliphatic carboxylic acids is 1. The minimum atomic E-state index is -0.782. The summed E-state index contributed by atoms with van der Waals surface area (Å²) < 4.78 is 16.4. The van der Waals surface area contributed by atoms with Crippen LogP contribution >= 0.6 is 0 Å². The van der Waals surface area contributed by atoms with E-state index in [4.69, 9.17) is 19.3 Å². The van der Waals surface area contributed by atoms with Crippen molar-refractivity contribution in [3.63, 3.8) is 0 Å². The lowest BCUT2D eigenvalue weighted by Crippen LogP contribution is -2.28. The Morgan fingerprint density at radius 2 is 1.47 bits per heavy atom. The minimum Gasteiger partial charge on any atom is -0.494 e. The fraction of sp³-hybridized carbons (Fsp3) is 0.640. The smallest absolute Gasteiger partial charge is 0.314 e. The Bertz CT molecular complexity index is 720. The molecular formula is C25H36O7. The van der Waals surface area contributed by atoms with Gasteiger partial charge in [0.05, 0.1) is 31.0 Å². The Kier molecular flexibility index (Phi) is 11.0. The molecule has 178 valence electrons. The van der Waals surface area contributed by atoms with Gasteiger partial charge in [-0.2, -0.15) is 0 Å². The summed E-state index contributed by atoms with van der Waals surface area (Å²) in [5.74, 6) is -0.619. The van der Waals surface area contributed by atoms with E-state index in [0.29, 0.717) is 50.4 Å². The van der Waals surface area contributed by atoms with Crippen molar-refractivity contribution in [2.75, 3.05) is 13.2 Å². The van der Waals surface area contributed by atoms with E-state index in [1.807, 2.05) is 13.8 Å². The largest absolute Gasteiger partial charge is 0.494 e. The molecule has 1 fully saturated rings. The first-order valence-electron chi connectivity index (χ1n) is 11.7. The summed E-state index contributed by atoms with van der Waals surface area (Å²) in [4.78, 5) is 34.9. The molecule has 0 aromatic heterocycles. The van der Waals surface area contributed by atoms with Gasteiger partial charge >= 0.3 is 17.9 Å². The number of benzene rings is 1. The van der Waals surface area contributed by atoms with E-state index in [0.717, 1.165) is 32.1 Å². The maximum atomic E-state index is 12.3. The Labute approximate surface area is 190 Å². The quantitative estimate of drug-likeness (QED) is 0.257. The Balaban J connectivity index is 1.57. The van der Waals surface area contributed by atoms with Crippen molar-refractivity contribution in [1.29, 1.82) is 0 Å². The number of hydrogen-bond donors (Lipinski definition) is 1. The van der Waals surface area contributed by atoms with Gasteiger partial charge in [-0.1, -0.05) is 13.8 Å². The Morgan fingerprint density at radius 1 is 0.906 bits per heavy atom. The van der Waals surface area contributed by atoms with Crippen molar-refractivity contribution in [3.05, 3.63) is 24.3 Å². The zero-order chi connectivity index (χ0) is 23.3. The summed E-state index contributed by atoms with van der Waals surface area (Å²) in [6, 6.07) is 6.97. The summed E-state index contributed by atoms with van der Waals surface area (Å²) in [5.41, 5.74) is 0. The highest BCUT2D eigenvalue weighted by atomic mass is 16.5. The molecule has 1 aliphatic carbocycles. The SMILES string of the molecule is CCC(C)C(=O)OCCCCCCOc1ccc(OC(=O)C2CCC(C(=O)O)CC2)cc1. The monoisotopic (exact) mass is 448 g/mol. The van der Waals surface area contributed by atoms with E-state index in [2.05, 4.69) is 0 Å². The zero-order valence-electron chi connectivity index (χ0n) is 19.2. The lowest BCUT2D eigenvalue weighted by molar-refractivity contribution is -0.148. The molecule has 1 aromatic carbocycles. The first-order valence-corrected chi connectivity index (χ1v) is 11.7. The molecule has 1 atom stereocenters. The van der Waals surface area contributed by atoms with Gasteiger partial charge in [-0.25, -0.2) is 0 Å². The van der Waals surface area contributed by atoms with Crippen molar-refractivity contribution in [3.8, 4) is 11.5 Å². The first-order chi connectivity index (χ1) is 15.4.